The summed E-state index contributed by atoms with van der Waals surface area (Å²) in [5, 5.41) is 22.9. The number of rotatable bonds is 5. The summed E-state index contributed by atoms with van der Waals surface area (Å²) in [6.07, 6.45) is 3.28. The minimum atomic E-state index is -1.53. The highest BCUT2D eigenvalue weighted by atomic mass is 32.1. The molecule has 0 unspecified atom stereocenters. The predicted molar refractivity (Wildman–Crippen MR) is 93.4 cm³/mol. The molecule has 0 aliphatic heterocycles. The number of carboxylic acid groups (broad SMARTS) is 1. The van der Waals surface area contributed by atoms with E-state index in [1.807, 2.05) is 0 Å². The molecule has 10 heteroatoms. The largest absolute Gasteiger partial charge is 0.501 e. The lowest BCUT2D eigenvalue weighted by Gasteiger charge is -2.07. The topological polar surface area (TPSA) is 145 Å². The summed E-state index contributed by atoms with van der Waals surface area (Å²) in [5.41, 5.74) is -0.640. The Kier molecular flexibility index (Phi) is 4.76. The monoisotopic (exact) mass is 372 g/mol. The Labute approximate surface area is 150 Å². The zero-order chi connectivity index (χ0) is 18.7. The van der Waals surface area contributed by atoms with Gasteiger partial charge in [0.25, 0.3) is 5.56 Å². The third kappa shape index (κ3) is 3.59. The summed E-state index contributed by atoms with van der Waals surface area (Å²) in [4.78, 5) is 45.4. The first-order valence-electron chi connectivity index (χ1n) is 7.29. The number of carboxylic acids is 1. The van der Waals surface area contributed by atoms with Crippen LogP contribution in [0.5, 0.6) is 5.75 Å². The van der Waals surface area contributed by atoms with E-state index in [4.69, 9.17) is 5.11 Å². The van der Waals surface area contributed by atoms with Crippen molar-refractivity contribution in [3.05, 3.63) is 57.6 Å². The van der Waals surface area contributed by atoms with Crippen LogP contribution in [0.25, 0.3) is 10.7 Å². The Bertz CT molecular complexity index is 1030. The van der Waals surface area contributed by atoms with Crippen molar-refractivity contribution in [3.63, 3.8) is 0 Å². The van der Waals surface area contributed by atoms with Crippen LogP contribution in [0.4, 0.5) is 5.69 Å². The Balaban J connectivity index is 1.88. The van der Waals surface area contributed by atoms with Gasteiger partial charge in [-0.15, -0.1) is 11.3 Å². The van der Waals surface area contributed by atoms with Crippen LogP contribution >= 0.6 is 11.3 Å². The second-order valence-electron chi connectivity index (χ2n) is 5.17. The molecule has 3 rings (SSSR count). The van der Waals surface area contributed by atoms with E-state index < -0.39 is 23.0 Å². The molecule has 26 heavy (non-hydrogen) atoms. The molecule has 4 N–H and O–H groups in total. The molecule has 0 atom stereocenters. The van der Waals surface area contributed by atoms with Gasteiger partial charge in [-0.25, -0.2) is 9.78 Å². The second kappa shape index (κ2) is 7.15. The molecule has 0 bridgehead atoms. The fourth-order valence-electron chi connectivity index (χ4n) is 2.20. The Morgan fingerprint density at radius 1 is 1.31 bits per heavy atom. The SMILES string of the molecule is O=C(Cc1cccnc1)Nc1ccsc1-c1nc(C(=O)O)c(O)c(=O)[nH]1. The van der Waals surface area contributed by atoms with Gasteiger partial charge in [-0.1, -0.05) is 6.07 Å². The number of hydrogen-bond acceptors (Lipinski definition) is 7. The number of nitrogens with one attached hydrogen (secondary N) is 2. The Hall–Kier alpha value is -3.53. The number of hydrogen-bond donors (Lipinski definition) is 4. The Morgan fingerprint density at radius 2 is 2.12 bits per heavy atom. The summed E-state index contributed by atoms with van der Waals surface area (Å²) in [6, 6.07) is 5.09. The molecule has 0 saturated carbocycles. The normalized spacial score (nSPS) is 10.5. The van der Waals surface area contributed by atoms with Gasteiger partial charge in [0.1, 0.15) is 0 Å². The summed E-state index contributed by atoms with van der Waals surface area (Å²) < 4.78 is 0. The molecule has 0 aromatic carbocycles. The maximum atomic E-state index is 12.2. The summed E-state index contributed by atoms with van der Waals surface area (Å²) in [6.45, 7) is 0. The van der Waals surface area contributed by atoms with Crippen LogP contribution in [0.3, 0.4) is 0 Å². The van der Waals surface area contributed by atoms with Gasteiger partial charge >= 0.3 is 5.97 Å². The van der Waals surface area contributed by atoms with Crippen LogP contribution in [0.2, 0.25) is 0 Å². The third-order valence-corrected chi connectivity index (χ3v) is 4.26. The highest BCUT2D eigenvalue weighted by Crippen LogP contribution is 2.31. The number of amides is 1. The van der Waals surface area contributed by atoms with E-state index >= 15 is 0 Å². The minimum Gasteiger partial charge on any atom is -0.501 e. The molecule has 0 radical (unpaired) electrons. The molecule has 3 heterocycles. The van der Waals surface area contributed by atoms with Crippen LogP contribution in [-0.2, 0) is 11.2 Å². The maximum Gasteiger partial charge on any atom is 0.358 e. The summed E-state index contributed by atoms with van der Waals surface area (Å²) >= 11 is 1.15. The van der Waals surface area contributed by atoms with Crippen LogP contribution in [0.1, 0.15) is 16.1 Å². The highest BCUT2D eigenvalue weighted by Gasteiger charge is 2.20. The number of aromatic hydroxyl groups is 1. The number of carbonyl (C=O) groups is 2. The van der Waals surface area contributed by atoms with Crippen molar-refractivity contribution in [2.75, 3.05) is 5.32 Å². The number of aromatic carboxylic acids is 1. The van der Waals surface area contributed by atoms with Crippen molar-refractivity contribution < 1.29 is 19.8 Å². The smallest absolute Gasteiger partial charge is 0.358 e. The van der Waals surface area contributed by atoms with Crippen molar-refractivity contribution in [2.24, 2.45) is 0 Å². The third-order valence-electron chi connectivity index (χ3n) is 3.34. The van der Waals surface area contributed by atoms with Gasteiger partial charge in [-0.2, -0.15) is 0 Å². The summed E-state index contributed by atoms with van der Waals surface area (Å²) in [7, 11) is 0. The maximum absolute atomic E-state index is 12.2. The van der Waals surface area contributed by atoms with Crippen molar-refractivity contribution in [3.8, 4) is 16.5 Å². The molecule has 132 valence electrons. The van der Waals surface area contributed by atoms with Gasteiger partial charge in [0.05, 0.1) is 17.0 Å². The van der Waals surface area contributed by atoms with Gasteiger partial charge in [0, 0.05) is 12.4 Å². The number of anilines is 1. The van der Waals surface area contributed by atoms with Gasteiger partial charge < -0.3 is 20.5 Å². The van der Waals surface area contributed by atoms with Gasteiger partial charge in [-0.05, 0) is 23.1 Å². The van der Waals surface area contributed by atoms with Crippen molar-refractivity contribution in [2.45, 2.75) is 6.42 Å². The van der Waals surface area contributed by atoms with E-state index in [-0.39, 0.29) is 18.2 Å². The fraction of sp³-hybridized carbons (Fsp3) is 0.0625. The average molecular weight is 372 g/mol. The average Bonchev–Trinajstić information content (AvgIpc) is 3.05. The van der Waals surface area contributed by atoms with E-state index in [1.54, 1.807) is 36.0 Å². The lowest BCUT2D eigenvalue weighted by Crippen LogP contribution is -2.17. The number of aromatic amines is 1. The Morgan fingerprint density at radius 3 is 2.81 bits per heavy atom. The van der Waals surface area contributed by atoms with Gasteiger partial charge in [-0.3, -0.25) is 14.6 Å². The van der Waals surface area contributed by atoms with Crippen LogP contribution in [0, 0.1) is 0 Å². The molecule has 9 nitrogen and oxygen atoms in total. The first-order valence-corrected chi connectivity index (χ1v) is 8.17. The molecule has 3 aromatic heterocycles. The van der Waals surface area contributed by atoms with Crippen LogP contribution in [-0.4, -0.2) is 37.0 Å². The molecule has 0 saturated heterocycles. The minimum absolute atomic E-state index is 0.0584. The van der Waals surface area contributed by atoms with Gasteiger partial charge in [0.2, 0.25) is 11.7 Å². The van der Waals surface area contributed by atoms with E-state index in [0.29, 0.717) is 10.6 Å². The molecule has 0 spiro atoms. The predicted octanol–water partition coefficient (Wildman–Crippen LogP) is 1.48. The van der Waals surface area contributed by atoms with E-state index in [1.165, 1.54) is 0 Å². The molecular weight excluding hydrogens is 360 g/mol. The molecule has 0 aliphatic rings. The quantitative estimate of drug-likeness (QED) is 0.530. The van der Waals surface area contributed by atoms with E-state index in [2.05, 4.69) is 20.3 Å². The lowest BCUT2D eigenvalue weighted by molar-refractivity contribution is -0.115. The molecule has 1 amide bonds. The van der Waals surface area contributed by atoms with Crippen LogP contribution < -0.4 is 10.9 Å². The molecule has 0 fully saturated rings. The fourth-order valence-corrected chi connectivity index (χ4v) is 2.99. The van der Waals surface area contributed by atoms with Crippen LogP contribution in [0.15, 0.2) is 40.8 Å². The first-order chi connectivity index (χ1) is 12.5. The molecule has 3 aromatic rings. The number of thiophene rings is 1. The van der Waals surface area contributed by atoms with Crippen molar-refractivity contribution in [1.82, 2.24) is 15.0 Å². The number of pyridine rings is 1. The van der Waals surface area contributed by atoms with Gasteiger partial charge in [0.15, 0.2) is 11.5 Å². The van der Waals surface area contributed by atoms with E-state index in [9.17, 15) is 19.5 Å². The number of aromatic nitrogens is 3. The van der Waals surface area contributed by atoms with E-state index in [0.717, 1.165) is 16.9 Å². The number of nitrogens with zero attached hydrogens (tertiary/aromatic N) is 2. The first kappa shape index (κ1) is 17.3. The van der Waals surface area contributed by atoms with Crippen molar-refractivity contribution in [1.29, 1.82) is 0 Å². The molecular formula is C16H12N4O5S. The number of carbonyl (C=O) groups excluding carboxylic acids is 1. The standard InChI is InChI=1S/C16H12N4O5S/c21-10(6-8-2-1-4-17-7-8)18-9-3-5-26-13(9)14-19-11(16(24)25)12(22)15(23)20-14/h1-5,7,22H,6H2,(H,18,21)(H,24,25)(H,19,20,23). The highest BCUT2D eigenvalue weighted by molar-refractivity contribution is 7.14. The summed E-state index contributed by atoms with van der Waals surface area (Å²) in [5.74, 6) is -2.87. The van der Waals surface area contributed by atoms with Crippen molar-refractivity contribution >= 4 is 28.9 Å². The lowest BCUT2D eigenvalue weighted by atomic mass is 10.2. The second-order valence-corrected chi connectivity index (χ2v) is 6.08. The molecule has 0 aliphatic carbocycles. The zero-order valence-corrected chi connectivity index (χ0v) is 13.9. The number of H-pyrrole nitrogens is 1. The zero-order valence-electron chi connectivity index (χ0n) is 13.1.